The zero-order valence-corrected chi connectivity index (χ0v) is 20.3. The Bertz CT molecular complexity index is 646. The van der Waals surface area contributed by atoms with E-state index < -0.39 is 0 Å². The Labute approximate surface area is 191 Å². The van der Waals surface area contributed by atoms with Crippen LogP contribution in [-0.4, -0.2) is 19.0 Å². The molecule has 3 heteroatoms. The van der Waals surface area contributed by atoms with Crippen molar-refractivity contribution in [2.45, 2.75) is 97.3 Å². The zero-order chi connectivity index (χ0) is 22.7. The molecule has 0 saturated heterocycles. The lowest BCUT2D eigenvalue weighted by molar-refractivity contribution is -0.119. The van der Waals surface area contributed by atoms with Crippen LogP contribution in [0.1, 0.15) is 103 Å². The second-order valence-corrected chi connectivity index (χ2v) is 8.35. The summed E-state index contributed by atoms with van der Waals surface area (Å²) >= 11 is 0. The van der Waals surface area contributed by atoms with E-state index in [-0.39, 0.29) is 11.8 Å². The smallest absolute Gasteiger partial charge is 0.225 e. The summed E-state index contributed by atoms with van der Waals surface area (Å²) in [4.78, 5) is 14.5. The number of hydrogen-bond acceptors (Lipinski definition) is 2. The fourth-order valence-corrected chi connectivity index (χ4v) is 4.07. The van der Waals surface area contributed by atoms with E-state index in [2.05, 4.69) is 62.1 Å². The molecule has 1 aromatic rings. The van der Waals surface area contributed by atoms with E-state index in [1.807, 2.05) is 12.1 Å². The first-order valence-electron chi connectivity index (χ1n) is 12.6. The first-order chi connectivity index (χ1) is 15.2. The van der Waals surface area contributed by atoms with E-state index in [0.29, 0.717) is 0 Å². The maximum Gasteiger partial charge on any atom is 0.225 e. The summed E-state index contributed by atoms with van der Waals surface area (Å²) < 4.78 is 0. The van der Waals surface area contributed by atoms with E-state index in [0.717, 1.165) is 56.4 Å². The van der Waals surface area contributed by atoms with Crippen molar-refractivity contribution in [2.75, 3.05) is 18.0 Å². The minimum Gasteiger partial charge on any atom is -0.372 e. The highest BCUT2D eigenvalue weighted by molar-refractivity contribution is 5.84. The van der Waals surface area contributed by atoms with Crippen LogP contribution in [0, 0.1) is 0 Å². The number of nitrogens with zero attached hydrogens (tertiary/aromatic N) is 1. The molecule has 1 unspecified atom stereocenters. The first kappa shape index (κ1) is 27.0. The third-order valence-corrected chi connectivity index (χ3v) is 5.95. The van der Waals surface area contributed by atoms with Gasteiger partial charge >= 0.3 is 0 Å². The van der Waals surface area contributed by atoms with Crippen molar-refractivity contribution < 1.29 is 4.79 Å². The topological polar surface area (TPSA) is 46.3 Å². The lowest BCUT2D eigenvalue weighted by atomic mass is 9.90. The molecule has 0 spiro atoms. The zero-order valence-electron chi connectivity index (χ0n) is 20.3. The summed E-state index contributed by atoms with van der Waals surface area (Å²) in [6, 6.07) is 8.26. The molecule has 3 nitrogen and oxygen atoms in total. The van der Waals surface area contributed by atoms with E-state index in [4.69, 9.17) is 5.73 Å². The molecule has 0 radical (unpaired) electrons. The molecule has 1 aromatic carbocycles. The summed E-state index contributed by atoms with van der Waals surface area (Å²) in [5, 5.41) is 0. The molecule has 1 amide bonds. The largest absolute Gasteiger partial charge is 0.372 e. The van der Waals surface area contributed by atoms with Crippen molar-refractivity contribution in [1.82, 2.24) is 0 Å². The Hall–Kier alpha value is -2.03. The van der Waals surface area contributed by atoms with Crippen molar-refractivity contribution in [3.05, 3.63) is 54.1 Å². The highest BCUT2D eigenvalue weighted by atomic mass is 16.1. The fraction of sp³-hybridized carbons (Fsp3) is 0.607. The number of nitrogens with two attached hydrogens (primary N) is 1. The van der Waals surface area contributed by atoms with Crippen LogP contribution in [0.15, 0.2) is 48.6 Å². The molecule has 31 heavy (non-hydrogen) atoms. The van der Waals surface area contributed by atoms with E-state index in [1.165, 1.54) is 38.5 Å². The molecular weight excluding hydrogens is 380 g/mol. The Morgan fingerprint density at radius 2 is 1.48 bits per heavy atom. The lowest BCUT2D eigenvalue weighted by Crippen LogP contribution is -2.27. The molecule has 0 heterocycles. The minimum absolute atomic E-state index is 0.194. The number of benzene rings is 1. The average molecular weight is 427 g/mol. The Kier molecular flexibility index (Phi) is 15.4. The number of amides is 1. The van der Waals surface area contributed by atoms with Gasteiger partial charge in [-0.1, -0.05) is 81.5 Å². The fourth-order valence-electron chi connectivity index (χ4n) is 4.07. The molecular formula is C28H46N2O. The van der Waals surface area contributed by atoms with Crippen molar-refractivity contribution in [3.8, 4) is 0 Å². The number of primary amides is 1. The predicted octanol–water partition coefficient (Wildman–Crippen LogP) is 7.53. The van der Waals surface area contributed by atoms with Gasteiger partial charge < -0.3 is 10.6 Å². The van der Waals surface area contributed by atoms with E-state index in [1.54, 1.807) is 0 Å². The number of hydrogen-bond donors (Lipinski definition) is 1. The molecule has 0 aliphatic rings. The number of allylic oxidation sites excluding steroid dienone is 4. The van der Waals surface area contributed by atoms with Crippen LogP contribution in [0.2, 0.25) is 0 Å². The second kappa shape index (κ2) is 17.6. The van der Waals surface area contributed by atoms with Crippen LogP contribution in [0.5, 0.6) is 0 Å². The second-order valence-electron chi connectivity index (χ2n) is 8.35. The summed E-state index contributed by atoms with van der Waals surface area (Å²) in [5.41, 5.74) is 8.04. The Balaban J connectivity index is 2.33. The molecule has 0 aliphatic carbocycles. The molecule has 0 fully saturated rings. The number of unbranched alkanes of at least 4 members (excludes halogenated alkanes) is 7. The van der Waals surface area contributed by atoms with Gasteiger partial charge in [-0.05, 0) is 64.0 Å². The summed E-state index contributed by atoms with van der Waals surface area (Å²) in [6.45, 7) is 8.41. The number of para-hydroxylation sites is 1. The molecule has 2 N–H and O–H groups in total. The molecule has 1 rings (SSSR count). The maximum atomic E-state index is 12.2. The van der Waals surface area contributed by atoms with Crippen LogP contribution < -0.4 is 10.6 Å². The monoisotopic (exact) mass is 426 g/mol. The van der Waals surface area contributed by atoms with Gasteiger partial charge in [0.1, 0.15) is 0 Å². The van der Waals surface area contributed by atoms with Gasteiger partial charge in [0.2, 0.25) is 5.91 Å². The van der Waals surface area contributed by atoms with Crippen molar-refractivity contribution in [3.63, 3.8) is 0 Å². The van der Waals surface area contributed by atoms with E-state index in [9.17, 15) is 4.79 Å². The van der Waals surface area contributed by atoms with Gasteiger partial charge in [-0.15, -0.1) is 0 Å². The van der Waals surface area contributed by atoms with Crippen LogP contribution in [0.4, 0.5) is 5.69 Å². The van der Waals surface area contributed by atoms with E-state index >= 15 is 0 Å². The standard InChI is InChI=1S/C28H46N2O/c1-4-7-8-9-10-11-12-13-14-15-16-17-18-19-23-26(28(29)31)25-22-20-21-24-27(25)30(5-2)6-3/h10-11,13-14,20-22,24,26H,4-9,12,15-19,23H2,1-3H3,(H2,29,31)/b11-10-,14-13-. The normalized spacial score (nSPS) is 12.6. The molecule has 174 valence electrons. The summed E-state index contributed by atoms with van der Waals surface area (Å²) in [6.07, 6.45) is 22.0. The number of rotatable bonds is 18. The first-order valence-corrected chi connectivity index (χ1v) is 12.6. The Morgan fingerprint density at radius 1 is 0.871 bits per heavy atom. The number of carbonyl (C=O) groups is 1. The number of carbonyl (C=O) groups excluding carboxylic acids is 1. The van der Waals surface area contributed by atoms with Gasteiger partial charge in [0.15, 0.2) is 0 Å². The minimum atomic E-state index is -0.203. The van der Waals surface area contributed by atoms with Gasteiger partial charge in [0.25, 0.3) is 0 Å². The summed E-state index contributed by atoms with van der Waals surface area (Å²) in [5.74, 6) is -0.397. The van der Waals surface area contributed by atoms with Gasteiger partial charge in [-0.2, -0.15) is 0 Å². The summed E-state index contributed by atoms with van der Waals surface area (Å²) in [7, 11) is 0. The third kappa shape index (κ3) is 11.2. The molecule has 0 aliphatic heterocycles. The molecule has 0 aromatic heterocycles. The molecule has 0 saturated carbocycles. The highest BCUT2D eigenvalue weighted by Crippen LogP contribution is 2.31. The van der Waals surface area contributed by atoms with Crippen LogP contribution in [-0.2, 0) is 4.79 Å². The van der Waals surface area contributed by atoms with Gasteiger partial charge in [-0.3, -0.25) is 4.79 Å². The van der Waals surface area contributed by atoms with Gasteiger partial charge in [0.05, 0.1) is 5.92 Å². The van der Waals surface area contributed by atoms with Crippen molar-refractivity contribution in [1.29, 1.82) is 0 Å². The highest BCUT2D eigenvalue weighted by Gasteiger charge is 2.22. The molecule has 1 atom stereocenters. The van der Waals surface area contributed by atoms with Crippen LogP contribution in [0.25, 0.3) is 0 Å². The van der Waals surface area contributed by atoms with Gasteiger partial charge in [-0.25, -0.2) is 0 Å². The van der Waals surface area contributed by atoms with Crippen LogP contribution in [0.3, 0.4) is 0 Å². The lowest BCUT2D eigenvalue weighted by Gasteiger charge is -2.27. The van der Waals surface area contributed by atoms with Crippen molar-refractivity contribution >= 4 is 11.6 Å². The number of anilines is 1. The van der Waals surface area contributed by atoms with Crippen molar-refractivity contribution in [2.24, 2.45) is 5.73 Å². The maximum absolute atomic E-state index is 12.2. The third-order valence-electron chi connectivity index (χ3n) is 5.95. The predicted molar refractivity (Wildman–Crippen MR) is 137 cm³/mol. The SMILES string of the molecule is CCCCC/C=C\C/C=C\CCCCCCC(C(N)=O)c1ccccc1N(CC)CC. The average Bonchev–Trinajstić information content (AvgIpc) is 2.77. The Morgan fingerprint density at radius 3 is 2.10 bits per heavy atom. The van der Waals surface area contributed by atoms with Crippen LogP contribution >= 0.6 is 0 Å². The van der Waals surface area contributed by atoms with Gasteiger partial charge in [0, 0.05) is 18.8 Å². The quantitative estimate of drug-likeness (QED) is 0.195. The molecule has 0 bridgehead atoms.